The van der Waals surface area contributed by atoms with E-state index in [1.165, 1.54) is 6.07 Å². The van der Waals surface area contributed by atoms with E-state index in [2.05, 4.69) is 20.6 Å². The molecule has 5 nitrogen and oxygen atoms in total. The molecule has 2 aromatic carbocycles. The van der Waals surface area contributed by atoms with E-state index in [0.717, 1.165) is 24.2 Å². The van der Waals surface area contributed by atoms with Crippen LogP contribution in [0, 0.1) is 0 Å². The smallest absolute Gasteiger partial charge is 0.353 e. The zero-order chi connectivity index (χ0) is 21.7. The molecule has 0 aliphatic rings. The van der Waals surface area contributed by atoms with E-state index in [0.29, 0.717) is 29.7 Å². The lowest BCUT2D eigenvalue weighted by atomic mass is 10.1. The number of alkyl halides is 3. The molecule has 30 heavy (non-hydrogen) atoms. The second-order valence-corrected chi connectivity index (χ2v) is 7.28. The van der Waals surface area contributed by atoms with Crippen molar-refractivity contribution in [3.63, 3.8) is 0 Å². The minimum Gasteiger partial charge on any atom is -0.353 e. The largest absolute Gasteiger partial charge is 0.416 e. The minimum absolute atomic E-state index is 0.0492. The molecule has 0 bridgehead atoms. The van der Waals surface area contributed by atoms with Crippen LogP contribution in [0.2, 0.25) is 5.02 Å². The fourth-order valence-electron chi connectivity index (χ4n) is 2.67. The first-order valence-electron chi connectivity index (χ1n) is 9.19. The molecule has 0 saturated heterocycles. The van der Waals surface area contributed by atoms with E-state index in [9.17, 15) is 13.2 Å². The van der Waals surface area contributed by atoms with Crippen LogP contribution in [0.25, 0.3) is 11.3 Å². The summed E-state index contributed by atoms with van der Waals surface area (Å²) in [4.78, 5) is 11.0. The van der Waals surface area contributed by atoms with Gasteiger partial charge in [0.15, 0.2) is 0 Å². The Morgan fingerprint density at radius 2 is 1.73 bits per heavy atom. The number of aromatic nitrogens is 2. The summed E-state index contributed by atoms with van der Waals surface area (Å²) in [5, 5.41) is 6.12. The van der Waals surface area contributed by atoms with Crippen molar-refractivity contribution in [3.05, 3.63) is 65.2 Å². The Kier molecular flexibility index (Phi) is 6.79. The van der Waals surface area contributed by atoms with E-state index >= 15 is 0 Å². The predicted molar refractivity (Wildman–Crippen MR) is 114 cm³/mol. The molecule has 2 N–H and O–H groups in total. The maximum Gasteiger partial charge on any atom is 0.416 e. The Morgan fingerprint density at radius 3 is 2.37 bits per heavy atom. The summed E-state index contributed by atoms with van der Waals surface area (Å²) in [7, 11) is 3.92. The van der Waals surface area contributed by atoms with Crippen LogP contribution in [0.5, 0.6) is 0 Å². The maximum absolute atomic E-state index is 12.9. The summed E-state index contributed by atoms with van der Waals surface area (Å²) < 4.78 is 38.7. The summed E-state index contributed by atoms with van der Waals surface area (Å²) in [5.74, 6) is 0.821. The molecule has 9 heteroatoms. The molecule has 158 valence electrons. The van der Waals surface area contributed by atoms with E-state index in [4.69, 9.17) is 11.6 Å². The normalized spacial score (nSPS) is 11.6. The second kappa shape index (κ2) is 9.32. The lowest BCUT2D eigenvalue weighted by Crippen LogP contribution is -2.21. The molecular weight excluding hydrogens is 415 g/mol. The lowest BCUT2D eigenvalue weighted by Gasteiger charge is -2.14. The summed E-state index contributed by atoms with van der Waals surface area (Å²) in [6.07, 6.45) is -4.46. The summed E-state index contributed by atoms with van der Waals surface area (Å²) in [6.45, 7) is 1.41. The monoisotopic (exact) mass is 435 g/mol. The molecule has 1 heterocycles. The molecule has 0 amide bonds. The van der Waals surface area contributed by atoms with Crippen LogP contribution in [0.4, 0.5) is 30.6 Å². The van der Waals surface area contributed by atoms with Crippen LogP contribution in [0.1, 0.15) is 5.56 Å². The molecule has 0 fully saturated rings. The average Bonchev–Trinajstić information content (AvgIpc) is 2.69. The molecule has 0 aliphatic heterocycles. The predicted octanol–water partition coefficient (Wildman–Crippen LogP) is 5.53. The molecule has 1 aromatic heterocycles. The first-order chi connectivity index (χ1) is 14.2. The Balaban J connectivity index is 1.91. The van der Waals surface area contributed by atoms with Crippen molar-refractivity contribution in [1.82, 2.24) is 14.9 Å². The number of hydrogen-bond donors (Lipinski definition) is 2. The number of benzene rings is 2. The van der Waals surface area contributed by atoms with Crippen molar-refractivity contribution in [2.45, 2.75) is 6.18 Å². The van der Waals surface area contributed by atoms with Gasteiger partial charge in [0, 0.05) is 24.7 Å². The molecule has 0 atom stereocenters. The second-order valence-electron chi connectivity index (χ2n) is 6.88. The van der Waals surface area contributed by atoms with Gasteiger partial charge in [-0.2, -0.15) is 18.2 Å². The highest BCUT2D eigenvalue weighted by Crippen LogP contribution is 2.35. The fraction of sp³-hybridized carbons (Fsp3) is 0.238. The Bertz CT molecular complexity index is 994. The van der Waals surface area contributed by atoms with Crippen LogP contribution in [0.3, 0.4) is 0 Å². The molecule has 0 saturated carbocycles. The SMILES string of the molecule is CN(C)CCNc1nc(Nc2ccc(C(F)(F)F)cc2Cl)cc(-c2ccccc2)n1. The molecule has 3 aromatic rings. The molecule has 0 unspecified atom stereocenters. The van der Waals surface area contributed by atoms with E-state index in [1.807, 2.05) is 49.3 Å². The standard InChI is InChI=1S/C21H21ClF3N5/c1-30(2)11-10-26-20-28-18(14-6-4-3-5-7-14)13-19(29-20)27-17-9-8-15(12-16(17)22)21(23,24)25/h3-9,12-13H,10-11H2,1-2H3,(H2,26,27,28,29). The number of nitrogens with zero attached hydrogens (tertiary/aromatic N) is 3. The van der Waals surface area contributed by atoms with E-state index in [1.54, 1.807) is 6.07 Å². The van der Waals surface area contributed by atoms with Gasteiger partial charge < -0.3 is 15.5 Å². The van der Waals surface area contributed by atoms with Crippen molar-refractivity contribution in [1.29, 1.82) is 0 Å². The van der Waals surface area contributed by atoms with Gasteiger partial charge in [-0.15, -0.1) is 0 Å². The van der Waals surface area contributed by atoms with Gasteiger partial charge in [-0.1, -0.05) is 41.9 Å². The molecule has 0 aliphatic carbocycles. The third-order valence-electron chi connectivity index (χ3n) is 4.20. The summed E-state index contributed by atoms with van der Waals surface area (Å²) in [5.41, 5.74) is 1.07. The van der Waals surface area contributed by atoms with Crippen molar-refractivity contribution < 1.29 is 13.2 Å². The van der Waals surface area contributed by atoms with Crippen LogP contribution in [0.15, 0.2) is 54.6 Å². The lowest BCUT2D eigenvalue weighted by molar-refractivity contribution is -0.137. The van der Waals surface area contributed by atoms with Gasteiger partial charge >= 0.3 is 6.18 Å². The molecule has 0 spiro atoms. The maximum atomic E-state index is 12.9. The fourth-order valence-corrected chi connectivity index (χ4v) is 2.90. The van der Waals surface area contributed by atoms with Crippen LogP contribution in [-0.4, -0.2) is 42.1 Å². The van der Waals surface area contributed by atoms with E-state index in [-0.39, 0.29) is 5.02 Å². The number of likely N-dealkylation sites (N-methyl/N-ethyl adjacent to an activating group) is 1. The van der Waals surface area contributed by atoms with Crippen molar-refractivity contribution in [2.24, 2.45) is 0 Å². The highest BCUT2D eigenvalue weighted by atomic mass is 35.5. The number of hydrogen-bond acceptors (Lipinski definition) is 5. The van der Waals surface area contributed by atoms with Crippen molar-refractivity contribution >= 4 is 29.1 Å². The van der Waals surface area contributed by atoms with Gasteiger partial charge in [0.25, 0.3) is 0 Å². The number of rotatable bonds is 7. The first-order valence-corrected chi connectivity index (χ1v) is 9.57. The van der Waals surface area contributed by atoms with Gasteiger partial charge in [-0.05, 0) is 32.3 Å². The van der Waals surface area contributed by atoms with Gasteiger partial charge in [0.2, 0.25) is 5.95 Å². The highest BCUT2D eigenvalue weighted by molar-refractivity contribution is 6.33. The van der Waals surface area contributed by atoms with Crippen molar-refractivity contribution in [3.8, 4) is 11.3 Å². The molecular formula is C21H21ClF3N5. The van der Waals surface area contributed by atoms with Crippen LogP contribution in [-0.2, 0) is 6.18 Å². The van der Waals surface area contributed by atoms with Gasteiger partial charge in [0.1, 0.15) is 5.82 Å². The molecule has 3 rings (SSSR count). The highest BCUT2D eigenvalue weighted by Gasteiger charge is 2.30. The zero-order valence-corrected chi connectivity index (χ0v) is 17.2. The summed E-state index contributed by atoms with van der Waals surface area (Å²) >= 11 is 6.07. The van der Waals surface area contributed by atoms with Gasteiger partial charge in [0.05, 0.1) is 22.0 Å². The quantitative estimate of drug-likeness (QED) is 0.511. The Morgan fingerprint density at radius 1 is 1.00 bits per heavy atom. The first kappa shape index (κ1) is 21.9. The minimum atomic E-state index is -4.46. The zero-order valence-electron chi connectivity index (χ0n) is 16.5. The summed E-state index contributed by atoms with van der Waals surface area (Å²) in [6, 6.07) is 14.4. The topological polar surface area (TPSA) is 53.1 Å². The number of nitrogens with one attached hydrogen (secondary N) is 2. The van der Waals surface area contributed by atoms with Crippen LogP contribution >= 0.6 is 11.6 Å². The Labute approximate surface area is 177 Å². The van der Waals surface area contributed by atoms with E-state index < -0.39 is 11.7 Å². The third kappa shape index (κ3) is 5.84. The van der Waals surface area contributed by atoms with Crippen LogP contribution < -0.4 is 10.6 Å². The van der Waals surface area contributed by atoms with Gasteiger partial charge in [-0.25, -0.2) is 4.98 Å². The number of anilines is 3. The number of halogens is 4. The average molecular weight is 436 g/mol. The third-order valence-corrected chi connectivity index (χ3v) is 4.51. The Hall–Kier alpha value is -2.84. The van der Waals surface area contributed by atoms with Gasteiger partial charge in [-0.3, -0.25) is 0 Å². The molecule has 0 radical (unpaired) electrons. The van der Waals surface area contributed by atoms with Crippen molar-refractivity contribution in [2.75, 3.05) is 37.8 Å².